The fourth-order valence-electron chi connectivity index (χ4n) is 3.89. The van der Waals surface area contributed by atoms with Crippen LogP contribution in [0.5, 0.6) is 0 Å². The third-order valence-electron chi connectivity index (χ3n) is 5.77. The fourth-order valence-corrected chi connectivity index (χ4v) is 3.89. The van der Waals surface area contributed by atoms with Crippen LogP contribution in [0, 0.1) is 5.41 Å². The highest BCUT2D eigenvalue weighted by atomic mass is 16.2. The summed E-state index contributed by atoms with van der Waals surface area (Å²) in [5.74, 6) is -0.318. The van der Waals surface area contributed by atoms with E-state index in [0.29, 0.717) is 19.4 Å². The van der Waals surface area contributed by atoms with Crippen molar-refractivity contribution in [1.82, 2.24) is 20.6 Å². The van der Waals surface area contributed by atoms with Crippen molar-refractivity contribution in [3.8, 4) is 0 Å². The molecule has 0 aliphatic rings. The van der Waals surface area contributed by atoms with Crippen LogP contribution in [0.3, 0.4) is 0 Å². The number of fused-ring (bicyclic) bond motifs is 2. The summed E-state index contributed by atoms with van der Waals surface area (Å²) in [6.45, 7) is 6.04. The van der Waals surface area contributed by atoms with Gasteiger partial charge in [0, 0.05) is 52.6 Å². The van der Waals surface area contributed by atoms with Gasteiger partial charge < -0.3 is 20.6 Å². The van der Waals surface area contributed by atoms with E-state index in [1.165, 1.54) is 0 Å². The molecule has 6 heteroatoms. The molecular weight excluding hydrogens is 400 g/mol. The lowest BCUT2D eigenvalue weighted by Crippen LogP contribution is -2.51. The molecule has 0 aliphatic heterocycles. The predicted molar refractivity (Wildman–Crippen MR) is 128 cm³/mol. The minimum Gasteiger partial charge on any atom is -0.361 e. The molecule has 4 N–H and O–H groups in total. The molecule has 2 amide bonds. The molecule has 0 saturated carbocycles. The lowest BCUT2D eigenvalue weighted by atomic mass is 9.94. The third kappa shape index (κ3) is 4.69. The number of carbonyl (C=O) groups is 2. The maximum atomic E-state index is 13.1. The molecule has 32 heavy (non-hydrogen) atoms. The molecule has 166 valence electrons. The van der Waals surface area contributed by atoms with Crippen LogP contribution < -0.4 is 10.6 Å². The molecule has 0 aliphatic carbocycles. The molecule has 4 aromatic rings. The molecule has 2 aromatic carbocycles. The van der Waals surface area contributed by atoms with Crippen LogP contribution in [-0.4, -0.2) is 34.4 Å². The van der Waals surface area contributed by atoms with E-state index in [-0.39, 0.29) is 11.8 Å². The number of aromatic amines is 2. The zero-order chi connectivity index (χ0) is 22.7. The molecule has 2 aromatic heterocycles. The second kappa shape index (κ2) is 8.91. The van der Waals surface area contributed by atoms with E-state index >= 15 is 0 Å². The number of para-hydroxylation sites is 2. The van der Waals surface area contributed by atoms with Crippen molar-refractivity contribution in [3.63, 3.8) is 0 Å². The summed E-state index contributed by atoms with van der Waals surface area (Å²) < 4.78 is 0. The van der Waals surface area contributed by atoms with E-state index in [4.69, 9.17) is 0 Å². The number of hydrogen-bond acceptors (Lipinski definition) is 2. The van der Waals surface area contributed by atoms with Gasteiger partial charge in [-0.1, -0.05) is 57.2 Å². The Morgan fingerprint density at radius 3 is 2.06 bits per heavy atom. The molecule has 0 bridgehead atoms. The SMILES string of the molecule is CC(C)(C)C(=O)NC(Cc1c[nH]c2ccccc12)C(=O)NCCc1c[nH]c2ccccc12. The van der Waals surface area contributed by atoms with Gasteiger partial charge in [-0.15, -0.1) is 0 Å². The molecule has 0 fully saturated rings. The van der Waals surface area contributed by atoms with Crippen molar-refractivity contribution in [2.75, 3.05) is 6.54 Å². The average molecular weight is 431 g/mol. The van der Waals surface area contributed by atoms with E-state index in [1.54, 1.807) is 0 Å². The lowest BCUT2D eigenvalue weighted by Gasteiger charge is -2.24. The van der Waals surface area contributed by atoms with Crippen molar-refractivity contribution in [3.05, 3.63) is 72.1 Å². The Kier molecular flexibility index (Phi) is 6.04. The highest BCUT2D eigenvalue weighted by Gasteiger charge is 2.28. The first-order valence-corrected chi connectivity index (χ1v) is 11.0. The fraction of sp³-hybridized carbons (Fsp3) is 0.308. The molecule has 0 saturated heterocycles. The van der Waals surface area contributed by atoms with Crippen molar-refractivity contribution in [2.24, 2.45) is 5.41 Å². The largest absolute Gasteiger partial charge is 0.361 e. The number of carbonyl (C=O) groups excluding carboxylic acids is 2. The van der Waals surface area contributed by atoms with E-state index in [2.05, 4.69) is 26.7 Å². The second-order valence-corrected chi connectivity index (χ2v) is 9.24. The van der Waals surface area contributed by atoms with Crippen molar-refractivity contribution in [2.45, 2.75) is 39.7 Å². The summed E-state index contributed by atoms with van der Waals surface area (Å²) >= 11 is 0. The van der Waals surface area contributed by atoms with Gasteiger partial charge in [-0.05, 0) is 29.7 Å². The molecule has 0 spiro atoms. The standard InChI is InChI=1S/C26H30N4O2/c1-26(2,3)25(32)30-23(14-18-16-29-22-11-7-5-9-20(18)22)24(31)27-13-12-17-15-28-21-10-6-4-8-19(17)21/h4-11,15-16,23,28-29H,12-14H2,1-3H3,(H,27,31)(H,30,32). The first-order valence-electron chi connectivity index (χ1n) is 11.0. The number of nitrogens with one attached hydrogen (secondary N) is 4. The number of amides is 2. The average Bonchev–Trinajstić information content (AvgIpc) is 3.37. The number of rotatable bonds is 7. The smallest absolute Gasteiger partial charge is 0.242 e. The van der Waals surface area contributed by atoms with Crippen LogP contribution >= 0.6 is 0 Å². The summed E-state index contributed by atoms with van der Waals surface area (Å²) in [7, 11) is 0. The Morgan fingerprint density at radius 2 is 1.44 bits per heavy atom. The molecule has 2 heterocycles. The van der Waals surface area contributed by atoms with Gasteiger partial charge in [0.05, 0.1) is 0 Å². The van der Waals surface area contributed by atoms with Crippen molar-refractivity contribution in [1.29, 1.82) is 0 Å². The van der Waals surface area contributed by atoms with Crippen LogP contribution in [-0.2, 0) is 22.4 Å². The highest BCUT2D eigenvalue weighted by molar-refractivity contribution is 5.91. The van der Waals surface area contributed by atoms with Gasteiger partial charge in [-0.2, -0.15) is 0 Å². The van der Waals surface area contributed by atoms with Gasteiger partial charge >= 0.3 is 0 Å². The number of aromatic nitrogens is 2. The first-order chi connectivity index (χ1) is 15.3. The molecule has 6 nitrogen and oxygen atoms in total. The number of benzene rings is 2. The normalized spacial score (nSPS) is 12.7. The highest BCUT2D eigenvalue weighted by Crippen LogP contribution is 2.21. The Labute approximate surface area is 187 Å². The number of H-pyrrole nitrogens is 2. The van der Waals surface area contributed by atoms with Gasteiger partial charge in [-0.25, -0.2) is 0 Å². The Hall–Kier alpha value is -3.54. The maximum Gasteiger partial charge on any atom is 0.242 e. The lowest BCUT2D eigenvalue weighted by molar-refractivity contribution is -0.133. The van der Waals surface area contributed by atoms with Crippen molar-refractivity contribution >= 4 is 33.6 Å². The van der Waals surface area contributed by atoms with Gasteiger partial charge in [0.25, 0.3) is 0 Å². The Bertz CT molecular complexity index is 1250. The second-order valence-electron chi connectivity index (χ2n) is 9.24. The third-order valence-corrected chi connectivity index (χ3v) is 5.77. The van der Waals surface area contributed by atoms with Crippen LogP contribution in [0.15, 0.2) is 60.9 Å². The van der Waals surface area contributed by atoms with E-state index in [1.807, 2.05) is 75.6 Å². The van der Waals surface area contributed by atoms with Gasteiger partial charge in [-0.3, -0.25) is 9.59 Å². The Morgan fingerprint density at radius 1 is 0.875 bits per heavy atom. The van der Waals surface area contributed by atoms with Crippen LogP contribution in [0.25, 0.3) is 21.8 Å². The van der Waals surface area contributed by atoms with E-state index in [0.717, 1.165) is 32.9 Å². The zero-order valence-corrected chi connectivity index (χ0v) is 18.8. The molecule has 1 unspecified atom stereocenters. The first kappa shape index (κ1) is 21.7. The zero-order valence-electron chi connectivity index (χ0n) is 18.8. The monoisotopic (exact) mass is 430 g/mol. The molecule has 0 radical (unpaired) electrons. The summed E-state index contributed by atoms with van der Waals surface area (Å²) in [6.07, 6.45) is 5.04. The Balaban J connectivity index is 1.47. The summed E-state index contributed by atoms with van der Waals surface area (Å²) in [5, 5.41) is 8.22. The maximum absolute atomic E-state index is 13.1. The molecule has 1 atom stereocenters. The number of hydrogen-bond donors (Lipinski definition) is 4. The summed E-state index contributed by atoms with van der Waals surface area (Å²) in [6, 6.07) is 15.5. The predicted octanol–water partition coefficient (Wildman–Crippen LogP) is 4.08. The summed E-state index contributed by atoms with van der Waals surface area (Å²) in [4.78, 5) is 32.3. The van der Waals surface area contributed by atoms with Gasteiger partial charge in [0.15, 0.2) is 0 Å². The van der Waals surface area contributed by atoms with Gasteiger partial charge in [0.1, 0.15) is 6.04 Å². The van der Waals surface area contributed by atoms with Crippen LogP contribution in [0.4, 0.5) is 0 Å². The van der Waals surface area contributed by atoms with Gasteiger partial charge in [0.2, 0.25) is 11.8 Å². The quantitative estimate of drug-likeness (QED) is 0.356. The minimum absolute atomic E-state index is 0.144. The topological polar surface area (TPSA) is 89.8 Å². The molecular formula is C26H30N4O2. The van der Waals surface area contributed by atoms with Crippen molar-refractivity contribution < 1.29 is 9.59 Å². The minimum atomic E-state index is -0.649. The van der Waals surface area contributed by atoms with Crippen LogP contribution in [0.2, 0.25) is 0 Å². The summed E-state index contributed by atoms with van der Waals surface area (Å²) in [5.41, 5.74) is 3.69. The van der Waals surface area contributed by atoms with Crippen LogP contribution in [0.1, 0.15) is 31.9 Å². The molecule has 4 rings (SSSR count). The van der Waals surface area contributed by atoms with E-state index < -0.39 is 11.5 Å². The van der Waals surface area contributed by atoms with E-state index in [9.17, 15) is 9.59 Å².